The number of carbonyl (C=O) groups excluding carboxylic acids is 1. The number of Topliss-reactive ketones (excluding diaryl/α,β-unsaturated/α-hetero) is 1. The van der Waals surface area contributed by atoms with E-state index in [4.69, 9.17) is 9.72 Å². The third-order valence-corrected chi connectivity index (χ3v) is 10.6. The summed E-state index contributed by atoms with van der Waals surface area (Å²) in [7, 11) is -1.09. The Labute approximate surface area is 279 Å². The molecule has 12 heteroatoms. The second-order valence-electron chi connectivity index (χ2n) is 12.0. The summed E-state index contributed by atoms with van der Waals surface area (Å²) in [4.78, 5) is 31.6. The van der Waals surface area contributed by atoms with Crippen LogP contribution in [0.15, 0.2) is 53.3 Å². The number of ketones is 1. The van der Waals surface area contributed by atoms with Crippen LogP contribution in [0.1, 0.15) is 50.4 Å². The van der Waals surface area contributed by atoms with Crippen LogP contribution >= 0.6 is 23.1 Å². The van der Waals surface area contributed by atoms with Gasteiger partial charge in [-0.15, -0.1) is 0 Å². The maximum atomic E-state index is 13.4. The predicted molar refractivity (Wildman–Crippen MR) is 193 cm³/mol. The summed E-state index contributed by atoms with van der Waals surface area (Å²) in [5.74, 6) is 1.33. The molecule has 1 aliphatic rings. The average Bonchev–Trinajstić information content (AvgIpc) is 3.04. The molecule has 0 unspecified atom stereocenters. The maximum Gasteiger partial charge on any atom is 0.229 e. The average molecular weight is 709 g/mol. The van der Waals surface area contributed by atoms with Gasteiger partial charge < -0.3 is 29.7 Å². The monoisotopic (exact) mass is 707 g/mol. The molecule has 0 atom stereocenters. The first kappa shape index (κ1) is 33.8. The van der Waals surface area contributed by atoms with Crippen LogP contribution in [0.4, 0.5) is 28.8 Å². The SMILES string of the molecule is CCCN(CC)C1CCN(c2cc(OC)c(Nc3ncc(Br)c(Nc4cnc5ccccc5c4P(C)(C)=O)n3)cc2C(C)=O)CC1. The Hall–Kier alpha value is -3.53. The molecule has 1 aliphatic heterocycles. The Bertz CT molecular complexity index is 1770. The molecule has 0 radical (unpaired) electrons. The molecule has 0 bridgehead atoms. The molecule has 2 aromatic heterocycles. The van der Waals surface area contributed by atoms with Crippen molar-refractivity contribution >= 4 is 73.9 Å². The number of nitrogens with zero attached hydrogens (tertiary/aromatic N) is 5. The molecule has 2 aromatic carbocycles. The minimum atomic E-state index is -2.71. The zero-order chi connectivity index (χ0) is 33.0. The molecule has 3 heterocycles. The highest BCUT2D eigenvalue weighted by molar-refractivity contribution is 9.10. The van der Waals surface area contributed by atoms with Crippen molar-refractivity contribution in [1.29, 1.82) is 0 Å². The zero-order valence-electron chi connectivity index (χ0n) is 27.4. The van der Waals surface area contributed by atoms with E-state index < -0.39 is 7.14 Å². The molecular formula is C34H43BrN7O3P. The number of methoxy groups -OCH3 is 1. The van der Waals surface area contributed by atoms with E-state index in [9.17, 15) is 9.36 Å². The highest BCUT2D eigenvalue weighted by atomic mass is 79.9. The van der Waals surface area contributed by atoms with Crippen molar-refractivity contribution in [3.8, 4) is 5.75 Å². The standard InChI is InChI=1S/C34H43BrN7O3P/c1-7-15-41(8-2)23-13-16-42(17-14-23)30-19-31(45-4)28(18-25(30)22(3)43)39-34-37-20-26(35)33(40-34)38-29-21-36-27-12-10-9-11-24(27)32(29)46(5,6)44/h9-12,18-21,23H,7-8,13-17H2,1-6H3,(H2,37,38,39,40). The molecule has 1 saturated heterocycles. The second kappa shape index (κ2) is 14.5. The topological polar surface area (TPSA) is 113 Å². The Morgan fingerprint density at radius 2 is 1.83 bits per heavy atom. The van der Waals surface area contributed by atoms with E-state index in [1.165, 1.54) is 0 Å². The normalized spacial score (nSPS) is 14.1. The number of rotatable bonds is 12. The van der Waals surface area contributed by atoms with Gasteiger partial charge in [-0.2, -0.15) is 4.98 Å². The molecule has 0 saturated carbocycles. The number of pyridine rings is 1. The molecule has 244 valence electrons. The summed E-state index contributed by atoms with van der Waals surface area (Å²) in [6.45, 7) is 13.5. The molecular weight excluding hydrogens is 665 g/mol. The van der Waals surface area contributed by atoms with E-state index in [0.717, 1.165) is 62.0 Å². The van der Waals surface area contributed by atoms with Crippen molar-refractivity contribution in [1.82, 2.24) is 19.9 Å². The van der Waals surface area contributed by atoms with Gasteiger partial charge in [-0.3, -0.25) is 9.78 Å². The number of nitrogens with one attached hydrogen (secondary N) is 2. The Morgan fingerprint density at radius 3 is 2.48 bits per heavy atom. The molecule has 10 nitrogen and oxygen atoms in total. The van der Waals surface area contributed by atoms with Crippen LogP contribution in [0, 0.1) is 0 Å². The number of anilines is 5. The van der Waals surface area contributed by atoms with Gasteiger partial charge in [0.05, 0.1) is 40.4 Å². The van der Waals surface area contributed by atoms with Crippen molar-refractivity contribution < 1.29 is 14.1 Å². The number of piperidine rings is 1. The smallest absolute Gasteiger partial charge is 0.229 e. The fraction of sp³-hybridized carbons (Fsp3) is 0.412. The van der Waals surface area contributed by atoms with Crippen LogP contribution in [0.25, 0.3) is 10.9 Å². The summed E-state index contributed by atoms with van der Waals surface area (Å²) < 4.78 is 19.9. The summed E-state index contributed by atoms with van der Waals surface area (Å²) in [6, 6.07) is 12.0. The van der Waals surface area contributed by atoms with E-state index in [-0.39, 0.29) is 5.78 Å². The number of aromatic nitrogens is 3. The zero-order valence-corrected chi connectivity index (χ0v) is 29.9. The second-order valence-corrected chi connectivity index (χ2v) is 16.0. The first-order chi connectivity index (χ1) is 22.0. The Balaban J connectivity index is 1.43. The molecule has 46 heavy (non-hydrogen) atoms. The number of carbonyl (C=O) groups is 1. The van der Waals surface area contributed by atoms with Crippen molar-refractivity contribution in [3.63, 3.8) is 0 Å². The highest BCUT2D eigenvalue weighted by Crippen LogP contribution is 2.42. The van der Waals surface area contributed by atoms with Crippen molar-refractivity contribution in [2.45, 2.75) is 46.1 Å². The number of hydrogen-bond donors (Lipinski definition) is 2. The maximum absolute atomic E-state index is 13.4. The summed E-state index contributed by atoms with van der Waals surface area (Å²) in [6.07, 6.45) is 6.57. The number of benzene rings is 2. The lowest BCUT2D eigenvalue weighted by Crippen LogP contribution is -2.45. The first-order valence-electron chi connectivity index (χ1n) is 15.8. The number of hydrogen-bond acceptors (Lipinski definition) is 10. The number of ether oxygens (including phenoxy) is 1. The van der Waals surface area contributed by atoms with Crippen molar-refractivity contribution in [3.05, 3.63) is 58.8 Å². The predicted octanol–water partition coefficient (Wildman–Crippen LogP) is 7.43. The minimum absolute atomic E-state index is 0.0250. The summed E-state index contributed by atoms with van der Waals surface area (Å²) >= 11 is 3.55. The van der Waals surface area contributed by atoms with Gasteiger partial charge in [0.2, 0.25) is 5.95 Å². The van der Waals surface area contributed by atoms with Crippen LogP contribution in [0.5, 0.6) is 5.75 Å². The lowest BCUT2D eigenvalue weighted by molar-refractivity contribution is 0.101. The largest absolute Gasteiger partial charge is 0.494 e. The summed E-state index contributed by atoms with van der Waals surface area (Å²) in [5, 5.41) is 8.13. The van der Waals surface area contributed by atoms with E-state index in [1.54, 1.807) is 39.8 Å². The van der Waals surface area contributed by atoms with Crippen LogP contribution in [-0.2, 0) is 4.57 Å². The van der Waals surface area contributed by atoms with Crippen LogP contribution < -0.4 is 25.6 Å². The van der Waals surface area contributed by atoms with Gasteiger partial charge in [0.1, 0.15) is 18.7 Å². The number of fused-ring (bicyclic) bond motifs is 1. The van der Waals surface area contributed by atoms with Crippen molar-refractivity contribution in [2.75, 3.05) is 62.2 Å². The first-order valence-corrected chi connectivity index (χ1v) is 19.1. The van der Waals surface area contributed by atoms with E-state index in [0.29, 0.717) is 50.3 Å². The molecule has 5 rings (SSSR count). The molecule has 2 N–H and O–H groups in total. The van der Waals surface area contributed by atoms with Crippen LogP contribution in [-0.4, -0.2) is 78.3 Å². The molecule has 0 amide bonds. The van der Waals surface area contributed by atoms with E-state index in [2.05, 4.69) is 60.2 Å². The molecule has 4 aromatic rings. The molecule has 0 aliphatic carbocycles. The number of para-hydroxylation sites is 1. The fourth-order valence-corrected chi connectivity index (χ4v) is 8.05. The van der Waals surface area contributed by atoms with Gasteiger partial charge in [0.25, 0.3) is 0 Å². The third-order valence-electron chi connectivity index (χ3n) is 8.46. The summed E-state index contributed by atoms with van der Waals surface area (Å²) in [5.41, 5.74) is 3.47. The lowest BCUT2D eigenvalue weighted by atomic mass is 9.99. The number of halogens is 1. The van der Waals surface area contributed by atoms with Gasteiger partial charge in [0.15, 0.2) is 5.78 Å². The quantitative estimate of drug-likeness (QED) is 0.114. The van der Waals surface area contributed by atoms with Gasteiger partial charge >= 0.3 is 0 Å². The minimum Gasteiger partial charge on any atom is -0.494 e. The Kier molecular flexibility index (Phi) is 10.7. The molecule has 1 fully saturated rings. The van der Waals surface area contributed by atoms with Gasteiger partial charge in [-0.1, -0.05) is 32.0 Å². The van der Waals surface area contributed by atoms with Gasteiger partial charge in [-0.25, -0.2) is 4.98 Å². The molecule has 0 spiro atoms. The van der Waals surface area contributed by atoms with Crippen molar-refractivity contribution in [2.24, 2.45) is 0 Å². The van der Waals surface area contributed by atoms with E-state index >= 15 is 0 Å². The van der Waals surface area contributed by atoms with Crippen LogP contribution in [0.3, 0.4) is 0 Å². The highest BCUT2D eigenvalue weighted by Gasteiger charge is 2.27. The van der Waals surface area contributed by atoms with Gasteiger partial charge in [0, 0.05) is 47.6 Å². The van der Waals surface area contributed by atoms with E-state index in [1.807, 2.05) is 36.4 Å². The lowest BCUT2D eigenvalue weighted by Gasteiger charge is -2.39. The fourth-order valence-electron chi connectivity index (χ4n) is 6.30. The van der Waals surface area contributed by atoms with Gasteiger partial charge in [-0.05, 0) is 80.7 Å². The Morgan fingerprint density at radius 1 is 1.09 bits per heavy atom. The third kappa shape index (κ3) is 7.37. The van der Waals surface area contributed by atoms with Crippen LogP contribution in [0.2, 0.25) is 0 Å².